The third kappa shape index (κ3) is 3.50. The zero-order valence-electron chi connectivity index (χ0n) is 11.6. The van der Waals surface area contributed by atoms with Gasteiger partial charge in [0.2, 0.25) is 5.91 Å². The molecule has 0 spiro atoms. The number of para-hydroxylation sites is 1. The van der Waals surface area contributed by atoms with Crippen LogP contribution in [0.5, 0.6) is 0 Å². The first kappa shape index (κ1) is 14.4. The van der Waals surface area contributed by atoms with Crippen molar-refractivity contribution in [2.24, 2.45) is 5.92 Å². The molecule has 3 N–H and O–H groups in total. The number of carbonyl (C=O) groups excluding carboxylic acids is 1. The SMILES string of the molecule is CC(CCNC(=O)CC1CNc2ccccc21)C(=O)O. The lowest BCUT2D eigenvalue weighted by Gasteiger charge is -2.11. The molecule has 0 saturated heterocycles. The summed E-state index contributed by atoms with van der Waals surface area (Å²) in [5.74, 6) is -1.08. The van der Waals surface area contributed by atoms with Gasteiger partial charge in [0.25, 0.3) is 0 Å². The molecule has 0 aliphatic carbocycles. The number of carboxylic acids is 1. The van der Waals surface area contributed by atoms with E-state index < -0.39 is 11.9 Å². The van der Waals surface area contributed by atoms with E-state index in [4.69, 9.17) is 5.11 Å². The third-order valence-corrected chi connectivity index (χ3v) is 3.69. The van der Waals surface area contributed by atoms with Crippen molar-refractivity contribution in [2.45, 2.75) is 25.7 Å². The molecule has 5 heteroatoms. The molecular formula is C15H20N2O3. The number of carbonyl (C=O) groups is 2. The zero-order valence-corrected chi connectivity index (χ0v) is 11.6. The maximum absolute atomic E-state index is 11.9. The molecule has 2 rings (SSSR count). The van der Waals surface area contributed by atoms with Gasteiger partial charge in [-0.3, -0.25) is 9.59 Å². The maximum atomic E-state index is 11.9. The minimum Gasteiger partial charge on any atom is -0.481 e. The van der Waals surface area contributed by atoms with E-state index in [0.29, 0.717) is 19.4 Å². The van der Waals surface area contributed by atoms with Crippen LogP contribution in [-0.2, 0) is 9.59 Å². The van der Waals surface area contributed by atoms with Gasteiger partial charge in [0.05, 0.1) is 5.92 Å². The van der Waals surface area contributed by atoms with Crippen LogP contribution in [0.3, 0.4) is 0 Å². The first-order valence-corrected chi connectivity index (χ1v) is 6.90. The molecule has 0 aromatic heterocycles. The molecule has 0 bridgehead atoms. The number of hydrogen-bond acceptors (Lipinski definition) is 3. The van der Waals surface area contributed by atoms with Crippen LogP contribution in [0.2, 0.25) is 0 Å². The van der Waals surface area contributed by atoms with Gasteiger partial charge in [-0.1, -0.05) is 25.1 Å². The average Bonchev–Trinajstić information content (AvgIpc) is 2.82. The van der Waals surface area contributed by atoms with Crippen LogP contribution in [0, 0.1) is 5.92 Å². The highest BCUT2D eigenvalue weighted by molar-refractivity contribution is 5.78. The fraction of sp³-hybridized carbons (Fsp3) is 0.467. The molecule has 1 aliphatic heterocycles. The molecule has 0 radical (unpaired) electrons. The van der Waals surface area contributed by atoms with Crippen molar-refractivity contribution < 1.29 is 14.7 Å². The summed E-state index contributed by atoms with van der Waals surface area (Å²) in [5, 5.41) is 14.8. The predicted octanol–water partition coefficient (Wildman–Crippen LogP) is 1.81. The molecule has 1 aromatic rings. The fourth-order valence-corrected chi connectivity index (χ4v) is 2.39. The van der Waals surface area contributed by atoms with Crippen molar-refractivity contribution in [2.75, 3.05) is 18.4 Å². The lowest BCUT2D eigenvalue weighted by atomic mass is 9.97. The Morgan fingerprint density at radius 3 is 2.95 bits per heavy atom. The van der Waals surface area contributed by atoms with Crippen molar-refractivity contribution in [3.8, 4) is 0 Å². The van der Waals surface area contributed by atoms with E-state index in [1.165, 1.54) is 5.56 Å². The van der Waals surface area contributed by atoms with Crippen molar-refractivity contribution in [1.82, 2.24) is 5.32 Å². The summed E-state index contributed by atoms with van der Waals surface area (Å²) in [6, 6.07) is 8.01. The van der Waals surface area contributed by atoms with Gasteiger partial charge in [-0.05, 0) is 18.1 Å². The predicted molar refractivity (Wildman–Crippen MR) is 76.7 cm³/mol. The van der Waals surface area contributed by atoms with Gasteiger partial charge in [0, 0.05) is 31.1 Å². The number of carboxylic acid groups (broad SMARTS) is 1. The van der Waals surface area contributed by atoms with E-state index in [2.05, 4.69) is 10.6 Å². The fourth-order valence-electron chi connectivity index (χ4n) is 2.39. The first-order chi connectivity index (χ1) is 9.58. The second-order valence-electron chi connectivity index (χ2n) is 5.25. The smallest absolute Gasteiger partial charge is 0.306 e. The molecule has 1 aromatic carbocycles. The third-order valence-electron chi connectivity index (χ3n) is 3.69. The Balaban J connectivity index is 1.77. The average molecular weight is 276 g/mol. The summed E-state index contributed by atoms with van der Waals surface area (Å²) < 4.78 is 0. The Labute approximate surface area is 118 Å². The standard InChI is InChI=1S/C15H20N2O3/c1-10(15(19)20)6-7-16-14(18)8-11-9-17-13-5-3-2-4-12(11)13/h2-5,10-11,17H,6-9H2,1H3,(H,16,18)(H,19,20). The van der Waals surface area contributed by atoms with Gasteiger partial charge in [-0.15, -0.1) is 0 Å². The minimum atomic E-state index is -0.826. The lowest BCUT2D eigenvalue weighted by molar-refractivity contribution is -0.141. The number of rotatable bonds is 6. The normalized spacial score (nSPS) is 17.9. The Morgan fingerprint density at radius 1 is 1.45 bits per heavy atom. The van der Waals surface area contributed by atoms with Crippen molar-refractivity contribution in [3.05, 3.63) is 29.8 Å². The van der Waals surface area contributed by atoms with Crippen molar-refractivity contribution in [3.63, 3.8) is 0 Å². The number of fused-ring (bicyclic) bond motifs is 1. The van der Waals surface area contributed by atoms with Crippen molar-refractivity contribution >= 4 is 17.6 Å². The topological polar surface area (TPSA) is 78.4 Å². The molecule has 1 amide bonds. The molecule has 1 heterocycles. The van der Waals surface area contributed by atoms with E-state index in [0.717, 1.165) is 12.2 Å². The summed E-state index contributed by atoms with van der Waals surface area (Å²) in [5.41, 5.74) is 2.28. The molecular weight excluding hydrogens is 256 g/mol. The van der Waals surface area contributed by atoms with Gasteiger partial charge < -0.3 is 15.7 Å². The zero-order chi connectivity index (χ0) is 14.5. The van der Waals surface area contributed by atoms with Gasteiger partial charge in [-0.2, -0.15) is 0 Å². The second kappa shape index (κ2) is 6.41. The second-order valence-corrected chi connectivity index (χ2v) is 5.25. The highest BCUT2D eigenvalue weighted by Crippen LogP contribution is 2.32. The lowest BCUT2D eigenvalue weighted by Crippen LogP contribution is -2.28. The number of nitrogens with one attached hydrogen (secondary N) is 2. The molecule has 2 unspecified atom stereocenters. The number of amides is 1. The van der Waals surface area contributed by atoms with E-state index in [1.54, 1.807) is 6.92 Å². The Hall–Kier alpha value is -2.04. The minimum absolute atomic E-state index is 0.0221. The van der Waals surface area contributed by atoms with Crippen molar-refractivity contribution in [1.29, 1.82) is 0 Å². The van der Waals surface area contributed by atoms with Crippen LogP contribution in [0.15, 0.2) is 24.3 Å². The Bertz CT molecular complexity index is 502. The van der Waals surface area contributed by atoms with Crippen LogP contribution < -0.4 is 10.6 Å². The van der Waals surface area contributed by atoms with Crippen LogP contribution in [0.1, 0.15) is 31.2 Å². The summed E-state index contributed by atoms with van der Waals surface area (Å²) in [6.45, 7) is 2.83. The van der Waals surface area contributed by atoms with Crippen LogP contribution in [0.4, 0.5) is 5.69 Å². The molecule has 1 aliphatic rings. The summed E-state index contributed by atoms with van der Waals surface area (Å²) in [6.07, 6.45) is 0.895. The number of benzene rings is 1. The van der Waals surface area contributed by atoms with Crippen LogP contribution >= 0.6 is 0 Å². The number of aliphatic carboxylic acids is 1. The quantitative estimate of drug-likeness (QED) is 0.740. The highest BCUT2D eigenvalue weighted by atomic mass is 16.4. The maximum Gasteiger partial charge on any atom is 0.306 e. The van der Waals surface area contributed by atoms with Gasteiger partial charge in [-0.25, -0.2) is 0 Å². The van der Waals surface area contributed by atoms with Crippen LogP contribution in [0.25, 0.3) is 0 Å². The number of hydrogen-bond donors (Lipinski definition) is 3. The molecule has 0 saturated carbocycles. The Kier molecular flexibility index (Phi) is 4.61. The van der Waals surface area contributed by atoms with E-state index in [9.17, 15) is 9.59 Å². The molecule has 5 nitrogen and oxygen atoms in total. The highest BCUT2D eigenvalue weighted by Gasteiger charge is 2.23. The summed E-state index contributed by atoms with van der Waals surface area (Å²) >= 11 is 0. The number of anilines is 1. The molecule has 2 atom stereocenters. The monoisotopic (exact) mass is 276 g/mol. The summed E-state index contributed by atoms with van der Waals surface area (Å²) in [4.78, 5) is 22.5. The molecule has 108 valence electrons. The summed E-state index contributed by atoms with van der Waals surface area (Å²) in [7, 11) is 0. The van der Waals surface area contributed by atoms with Gasteiger partial charge in [0.1, 0.15) is 0 Å². The van der Waals surface area contributed by atoms with Gasteiger partial charge >= 0.3 is 5.97 Å². The van der Waals surface area contributed by atoms with E-state index in [-0.39, 0.29) is 11.8 Å². The van der Waals surface area contributed by atoms with E-state index in [1.807, 2.05) is 24.3 Å². The first-order valence-electron chi connectivity index (χ1n) is 6.90. The Morgan fingerprint density at radius 2 is 2.20 bits per heavy atom. The van der Waals surface area contributed by atoms with E-state index >= 15 is 0 Å². The van der Waals surface area contributed by atoms with Gasteiger partial charge in [0.15, 0.2) is 0 Å². The largest absolute Gasteiger partial charge is 0.481 e. The van der Waals surface area contributed by atoms with Crippen LogP contribution in [-0.4, -0.2) is 30.1 Å². The molecule has 0 fully saturated rings. The molecule has 20 heavy (non-hydrogen) atoms.